The zero-order valence-corrected chi connectivity index (χ0v) is 40.6. The Labute approximate surface area is 382 Å². The molecule has 1 atom stereocenters. The largest absolute Gasteiger partial charge is 0.462 e. The molecule has 356 valence electrons. The zero-order chi connectivity index (χ0) is 45.1. The van der Waals surface area contributed by atoms with Crippen molar-refractivity contribution < 1.29 is 28.6 Å². The van der Waals surface area contributed by atoms with Gasteiger partial charge in [0.05, 0.1) is 0 Å². The van der Waals surface area contributed by atoms with Crippen molar-refractivity contribution in [2.24, 2.45) is 0 Å². The summed E-state index contributed by atoms with van der Waals surface area (Å²) in [5, 5.41) is 0. The molecule has 0 amide bonds. The average Bonchev–Trinajstić information content (AvgIpc) is 3.27. The number of hydrogen-bond acceptors (Lipinski definition) is 6. The van der Waals surface area contributed by atoms with E-state index in [0.717, 1.165) is 77.0 Å². The van der Waals surface area contributed by atoms with Crippen molar-refractivity contribution in [3.63, 3.8) is 0 Å². The summed E-state index contributed by atoms with van der Waals surface area (Å²) < 4.78 is 16.7. The Kier molecular flexibility index (Phi) is 47.9. The fourth-order valence-electron chi connectivity index (χ4n) is 7.06. The maximum Gasteiger partial charge on any atom is 0.306 e. The van der Waals surface area contributed by atoms with Gasteiger partial charge in [0.15, 0.2) is 6.10 Å². The van der Waals surface area contributed by atoms with Crippen LogP contribution >= 0.6 is 0 Å². The van der Waals surface area contributed by atoms with E-state index < -0.39 is 6.10 Å². The molecule has 0 aromatic heterocycles. The first-order valence-electron chi connectivity index (χ1n) is 25.9. The summed E-state index contributed by atoms with van der Waals surface area (Å²) >= 11 is 0. The molecule has 0 aromatic rings. The van der Waals surface area contributed by atoms with Crippen LogP contribution in [0.3, 0.4) is 0 Å². The minimum atomic E-state index is -0.808. The third-order valence-corrected chi connectivity index (χ3v) is 10.9. The summed E-state index contributed by atoms with van der Waals surface area (Å²) in [5.74, 6) is -0.995. The van der Waals surface area contributed by atoms with Gasteiger partial charge < -0.3 is 14.2 Å². The minimum absolute atomic E-state index is 0.110. The Balaban J connectivity index is 4.48. The minimum Gasteiger partial charge on any atom is -0.462 e. The number of allylic oxidation sites excluding steroid dienone is 12. The molecule has 6 nitrogen and oxygen atoms in total. The highest BCUT2D eigenvalue weighted by atomic mass is 16.6. The third-order valence-electron chi connectivity index (χ3n) is 10.9. The van der Waals surface area contributed by atoms with E-state index in [1.54, 1.807) is 0 Å². The van der Waals surface area contributed by atoms with Crippen molar-refractivity contribution in [1.29, 1.82) is 0 Å². The maximum absolute atomic E-state index is 12.8. The van der Waals surface area contributed by atoms with E-state index in [9.17, 15) is 14.4 Å². The number of carbonyl (C=O) groups excluding carboxylic acids is 3. The number of rotatable bonds is 46. The molecule has 0 saturated carbocycles. The summed E-state index contributed by atoms with van der Waals surface area (Å²) in [4.78, 5) is 37.9. The summed E-state index contributed by atoms with van der Waals surface area (Å²) in [6.07, 6.45) is 63.3. The van der Waals surface area contributed by atoms with E-state index in [-0.39, 0.29) is 37.5 Å². The topological polar surface area (TPSA) is 78.9 Å². The molecule has 0 fully saturated rings. The van der Waals surface area contributed by atoms with E-state index in [0.29, 0.717) is 19.3 Å². The lowest BCUT2D eigenvalue weighted by molar-refractivity contribution is -0.167. The molecular weight excluding hydrogens is 769 g/mol. The van der Waals surface area contributed by atoms with Crippen molar-refractivity contribution in [2.75, 3.05) is 13.2 Å². The second-order valence-corrected chi connectivity index (χ2v) is 17.1. The Hall–Kier alpha value is -3.15. The molecule has 0 rings (SSSR count). The van der Waals surface area contributed by atoms with Gasteiger partial charge in [0.2, 0.25) is 0 Å². The van der Waals surface area contributed by atoms with Gasteiger partial charge in [-0.1, -0.05) is 216 Å². The van der Waals surface area contributed by atoms with E-state index in [1.807, 2.05) is 0 Å². The summed E-state index contributed by atoms with van der Waals surface area (Å²) in [6.45, 7) is 6.44. The molecule has 0 aliphatic rings. The van der Waals surface area contributed by atoms with Crippen LogP contribution in [0, 0.1) is 0 Å². The SMILES string of the molecule is CC/C=C\C/C=C\C/C=C\CCCCC(=O)OCC(COC(=O)CCC/C=C\C/C=C\C/C=C\CCCCCCCC)OC(=O)CCCCCCCCCCCCCCCCC. The first-order chi connectivity index (χ1) is 30.5. The van der Waals surface area contributed by atoms with Crippen LogP contribution in [0.4, 0.5) is 0 Å². The van der Waals surface area contributed by atoms with Gasteiger partial charge in [0, 0.05) is 19.3 Å². The van der Waals surface area contributed by atoms with Crippen LogP contribution in [-0.4, -0.2) is 37.2 Å². The molecule has 0 spiro atoms. The third kappa shape index (κ3) is 47.9. The predicted octanol–water partition coefficient (Wildman–Crippen LogP) is 17.0. The van der Waals surface area contributed by atoms with Gasteiger partial charge in [0.25, 0.3) is 0 Å². The Morgan fingerprint density at radius 3 is 1.08 bits per heavy atom. The second kappa shape index (κ2) is 50.5. The van der Waals surface area contributed by atoms with Gasteiger partial charge >= 0.3 is 17.9 Å². The molecular formula is C56H96O6. The van der Waals surface area contributed by atoms with Crippen molar-refractivity contribution in [1.82, 2.24) is 0 Å². The molecule has 0 saturated heterocycles. The highest BCUT2D eigenvalue weighted by molar-refractivity contribution is 5.71. The number of ether oxygens (including phenoxy) is 3. The average molecular weight is 865 g/mol. The summed E-state index contributed by atoms with van der Waals surface area (Å²) in [7, 11) is 0. The van der Waals surface area contributed by atoms with Crippen molar-refractivity contribution in [3.8, 4) is 0 Å². The lowest BCUT2D eigenvalue weighted by Crippen LogP contribution is -2.30. The summed E-state index contributed by atoms with van der Waals surface area (Å²) in [5.41, 5.74) is 0. The van der Waals surface area contributed by atoms with E-state index in [2.05, 4.69) is 93.7 Å². The van der Waals surface area contributed by atoms with Gasteiger partial charge in [0.1, 0.15) is 13.2 Å². The standard InChI is InChI=1S/C56H96O6/c1-4-7-10-13-16-19-22-25-27-28-30-31-34-37-40-43-46-49-55(58)61-52-53(51-60-54(57)48-45-42-39-36-33-24-21-18-15-12-9-6-3)62-56(59)50-47-44-41-38-35-32-29-26-23-20-17-14-11-8-5-2/h9,12,18,21,25,27,30-31,33,36-37,40,53H,4-8,10-11,13-17,19-20,22-24,26,28-29,32,34-35,38-39,41-52H2,1-3H3/b12-9-,21-18-,27-25-,31-30-,36-33-,40-37-. The first kappa shape index (κ1) is 58.9. The second-order valence-electron chi connectivity index (χ2n) is 17.1. The van der Waals surface area contributed by atoms with Crippen LogP contribution in [0.25, 0.3) is 0 Å². The van der Waals surface area contributed by atoms with Gasteiger partial charge in [-0.2, -0.15) is 0 Å². The monoisotopic (exact) mass is 865 g/mol. The first-order valence-corrected chi connectivity index (χ1v) is 25.9. The van der Waals surface area contributed by atoms with Crippen LogP contribution in [0.1, 0.15) is 245 Å². The smallest absolute Gasteiger partial charge is 0.306 e. The Morgan fingerprint density at radius 1 is 0.339 bits per heavy atom. The number of unbranched alkanes of at least 4 members (excludes halogenated alkanes) is 23. The fraction of sp³-hybridized carbons (Fsp3) is 0.732. The lowest BCUT2D eigenvalue weighted by atomic mass is 10.0. The molecule has 0 bridgehead atoms. The molecule has 0 radical (unpaired) electrons. The quantitative estimate of drug-likeness (QED) is 0.0262. The van der Waals surface area contributed by atoms with Crippen LogP contribution in [-0.2, 0) is 28.6 Å². The molecule has 0 aliphatic heterocycles. The van der Waals surface area contributed by atoms with Crippen molar-refractivity contribution in [3.05, 3.63) is 72.9 Å². The van der Waals surface area contributed by atoms with Crippen LogP contribution < -0.4 is 0 Å². The van der Waals surface area contributed by atoms with E-state index in [1.165, 1.54) is 122 Å². The lowest BCUT2D eigenvalue weighted by Gasteiger charge is -2.18. The number of hydrogen-bond donors (Lipinski definition) is 0. The van der Waals surface area contributed by atoms with Crippen molar-refractivity contribution >= 4 is 17.9 Å². The number of esters is 3. The van der Waals surface area contributed by atoms with Crippen molar-refractivity contribution in [2.45, 2.75) is 252 Å². The van der Waals surface area contributed by atoms with Crippen LogP contribution in [0.15, 0.2) is 72.9 Å². The number of carbonyl (C=O) groups is 3. The van der Waals surface area contributed by atoms with Crippen LogP contribution in [0.5, 0.6) is 0 Å². The molecule has 1 unspecified atom stereocenters. The van der Waals surface area contributed by atoms with Crippen LogP contribution in [0.2, 0.25) is 0 Å². The normalized spacial score (nSPS) is 12.6. The predicted molar refractivity (Wildman–Crippen MR) is 265 cm³/mol. The van der Waals surface area contributed by atoms with Gasteiger partial charge in [-0.25, -0.2) is 0 Å². The van der Waals surface area contributed by atoms with E-state index in [4.69, 9.17) is 14.2 Å². The zero-order valence-electron chi connectivity index (χ0n) is 40.6. The Morgan fingerprint density at radius 2 is 0.645 bits per heavy atom. The van der Waals surface area contributed by atoms with E-state index >= 15 is 0 Å². The van der Waals surface area contributed by atoms with Gasteiger partial charge in [-0.3, -0.25) is 14.4 Å². The Bertz CT molecular complexity index is 1180. The molecule has 62 heavy (non-hydrogen) atoms. The van der Waals surface area contributed by atoms with Gasteiger partial charge in [-0.15, -0.1) is 0 Å². The maximum atomic E-state index is 12.8. The summed E-state index contributed by atoms with van der Waals surface area (Å²) in [6, 6.07) is 0. The highest BCUT2D eigenvalue weighted by Gasteiger charge is 2.19. The highest BCUT2D eigenvalue weighted by Crippen LogP contribution is 2.15. The molecule has 6 heteroatoms. The van der Waals surface area contributed by atoms with Gasteiger partial charge in [-0.05, 0) is 83.5 Å². The molecule has 0 N–H and O–H groups in total. The fourth-order valence-corrected chi connectivity index (χ4v) is 7.06. The molecule has 0 aromatic carbocycles. The molecule has 0 aliphatic carbocycles. The molecule has 0 heterocycles.